The predicted octanol–water partition coefficient (Wildman–Crippen LogP) is 1.78. The molecule has 0 radical (unpaired) electrons. The molecule has 2 fully saturated rings. The van der Waals surface area contributed by atoms with Crippen LogP contribution in [-0.4, -0.2) is 54.1 Å². The molecule has 1 N–H and O–H groups in total. The van der Waals surface area contributed by atoms with Crippen LogP contribution >= 0.6 is 0 Å². The van der Waals surface area contributed by atoms with Crippen LogP contribution in [0.15, 0.2) is 0 Å². The van der Waals surface area contributed by atoms with E-state index in [2.05, 4.69) is 0 Å². The first kappa shape index (κ1) is 14.6. The van der Waals surface area contributed by atoms with Gasteiger partial charge in [-0.3, -0.25) is 0 Å². The second kappa shape index (κ2) is 5.29. The van der Waals surface area contributed by atoms with Gasteiger partial charge in [0.25, 0.3) is 0 Å². The first-order chi connectivity index (χ1) is 8.85. The first-order valence-electron chi connectivity index (χ1n) is 7.03. The van der Waals surface area contributed by atoms with Crippen molar-refractivity contribution in [3.63, 3.8) is 0 Å². The van der Waals surface area contributed by atoms with E-state index in [0.29, 0.717) is 6.54 Å². The van der Waals surface area contributed by atoms with Crippen molar-refractivity contribution < 1.29 is 19.4 Å². The van der Waals surface area contributed by atoms with Gasteiger partial charge < -0.3 is 19.5 Å². The highest BCUT2D eigenvalue weighted by Crippen LogP contribution is 2.43. The molecule has 19 heavy (non-hydrogen) atoms. The largest absolute Gasteiger partial charge is 0.444 e. The van der Waals surface area contributed by atoms with Crippen LogP contribution in [0, 0.1) is 5.41 Å². The standard InChI is InChI=1S/C14H25NO4/c1-13(2,3)19-12(17)15-10-14(8-11(15)9-16)4-6-18-7-5-14/h11,16H,4-10H2,1-3H3/t11-/m1/s1. The lowest BCUT2D eigenvalue weighted by molar-refractivity contribution is 0.00602. The van der Waals surface area contributed by atoms with E-state index in [9.17, 15) is 9.90 Å². The van der Waals surface area contributed by atoms with E-state index in [1.54, 1.807) is 4.90 Å². The smallest absolute Gasteiger partial charge is 0.410 e. The van der Waals surface area contributed by atoms with Crippen molar-refractivity contribution in [2.75, 3.05) is 26.4 Å². The van der Waals surface area contributed by atoms with Gasteiger partial charge in [-0.1, -0.05) is 0 Å². The second-order valence-corrected chi connectivity index (χ2v) is 6.76. The maximum absolute atomic E-state index is 12.2. The summed E-state index contributed by atoms with van der Waals surface area (Å²) in [5, 5.41) is 9.52. The van der Waals surface area contributed by atoms with Crippen molar-refractivity contribution in [3.8, 4) is 0 Å². The Bertz CT molecular complexity index is 331. The molecule has 1 atom stereocenters. The Morgan fingerprint density at radius 3 is 2.58 bits per heavy atom. The van der Waals surface area contributed by atoms with Gasteiger partial charge in [0.1, 0.15) is 5.60 Å². The highest BCUT2D eigenvalue weighted by atomic mass is 16.6. The number of carbonyl (C=O) groups is 1. The number of amides is 1. The van der Waals surface area contributed by atoms with Crippen LogP contribution in [-0.2, 0) is 9.47 Å². The SMILES string of the molecule is CC(C)(C)OC(=O)N1CC2(CCOCC2)C[C@@H]1CO. The monoisotopic (exact) mass is 271 g/mol. The van der Waals surface area contributed by atoms with E-state index in [1.165, 1.54) is 0 Å². The van der Waals surface area contributed by atoms with Gasteiger partial charge in [0.15, 0.2) is 0 Å². The average molecular weight is 271 g/mol. The van der Waals surface area contributed by atoms with E-state index in [1.807, 2.05) is 20.8 Å². The minimum atomic E-state index is -0.498. The number of hydrogen-bond acceptors (Lipinski definition) is 4. The molecule has 0 aliphatic carbocycles. The highest BCUT2D eigenvalue weighted by Gasteiger charge is 2.47. The fourth-order valence-corrected chi connectivity index (χ4v) is 3.03. The number of nitrogens with zero attached hydrogens (tertiary/aromatic N) is 1. The summed E-state index contributed by atoms with van der Waals surface area (Å²) in [6, 6.07) is -0.118. The summed E-state index contributed by atoms with van der Waals surface area (Å²) >= 11 is 0. The normalized spacial score (nSPS) is 26.7. The molecule has 2 heterocycles. The molecular formula is C14H25NO4. The van der Waals surface area contributed by atoms with E-state index < -0.39 is 5.60 Å². The van der Waals surface area contributed by atoms with Gasteiger partial charge in [0.05, 0.1) is 12.6 Å². The van der Waals surface area contributed by atoms with Crippen molar-refractivity contribution in [2.45, 2.75) is 51.7 Å². The van der Waals surface area contributed by atoms with Gasteiger partial charge in [0.2, 0.25) is 0 Å². The maximum atomic E-state index is 12.2. The molecule has 2 aliphatic rings. The van der Waals surface area contributed by atoms with Crippen molar-refractivity contribution >= 4 is 6.09 Å². The molecule has 0 aromatic carbocycles. The Morgan fingerprint density at radius 2 is 2.05 bits per heavy atom. The van der Waals surface area contributed by atoms with Crippen molar-refractivity contribution in [1.29, 1.82) is 0 Å². The number of aliphatic hydroxyl groups excluding tert-OH is 1. The van der Waals surface area contributed by atoms with Crippen molar-refractivity contribution in [3.05, 3.63) is 0 Å². The summed E-state index contributed by atoms with van der Waals surface area (Å²) in [5.41, 5.74) is -0.384. The molecule has 0 aromatic rings. The molecule has 1 amide bonds. The van der Waals surface area contributed by atoms with Crippen molar-refractivity contribution in [2.24, 2.45) is 5.41 Å². The minimum absolute atomic E-state index is 0.00184. The zero-order chi connectivity index (χ0) is 14.1. The number of rotatable bonds is 1. The van der Waals surface area contributed by atoms with Crippen LogP contribution in [0.4, 0.5) is 4.79 Å². The summed E-state index contributed by atoms with van der Waals surface area (Å²) in [6.45, 7) is 7.76. The van der Waals surface area contributed by atoms with Gasteiger partial charge in [-0.25, -0.2) is 4.79 Å². The maximum Gasteiger partial charge on any atom is 0.410 e. The minimum Gasteiger partial charge on any atom is -0.444 e. The number of hydrogen-bond donors (Lipinski definition) is 1. The number of carbonyl (C=O) groups excluding carboxylic acids is 1. The van der Waals surface area contributed by atoms with E-state index in [-0.39, 0.29) is 24.2 Å². The first-order valence-corrected chi connectivity index (χ1v) is 7.03. The molecule has 5 nitrogen and oxygen atoms in total. The fourth-order valence-electron chi connectivity index (χ4n) is 3.03. The second-order valence-electron chi connectivity index (χ2n) is 6.76. The van der Waals surface area contributed by atoms with E-state index >= 15 is 0 Å². The van der Waals surface area contributed by atoms with Crippen LogP contribution in [0.5, 0.6) is 0 Å². The molecule has 2 aliphatic heterocycles. The Kier molecular flexibility index (Phi) is 4.06. The summed E-state index contributed by atoms with van der Waals surface area (Å²) in [6.07, 6.45) is 2.47. The summed E-state index contributed by atoms with van der Waals surface area (Å²) in [4.78, 5) is 13.9. The lowest BCUT2D eigenvalue weighted by atomic mass is 9.78. The van der Waals surface area contributed by atoms with Crippen LogP contribution in [0.2, 0.25) is 0 Å². The molecule has 2 saturated heterocycles. The third kappa shape index (κ3) is 3.39. The Morgan fingerprint density at radius 1 is 1.42 bits per heavy atom. The third-order valence-corrected chi connectivity index (χ3v) is 4.01. The molecule has 0 bridgehead atoms. The fraction of sp³-hybridized carbons (Fsp3) is 0.929. The van der Waals surface area contributed by atoms with Gasteiger partial charge in [-0.15, -0.1) is 0 Å². The highest BCUT2D eigenvalue weighted by molar-refractivity contribution is 5.69. The van der Waals surface area contributed by atoms with Crippen LogP contribution in [0.1, 0.15) is 40.0 Å². The van der Waals surface area contributed by atoms with Crippen LogP contribution in [0.25, 0.3) is 0 Å². The molecule has 5 heteroatoms. The predicted molar refractivity (Wildman–Crippen MR) is 70.9 cm³/mol. The topological polar surface area (TPSA) is 59.0 Å². The molecular weight excluding hydrogens is 246 g/mol. The van der Waals surface area contributed by atoms with Gasteiger partial charge in [-0.2, -0.15) is 0 Å². The lowest BCUT2D eigenvalue weighted by Crippen LogP contribution is -2.42. The molecule has 2 rings (SSSR count). The van der Waals surface area contributed by atoms with Gasteiger partial charge >= 0.3 is 6.09 Å². The number of ether oxygens (including phenoxy) is 2. The quantitative estimate of drug-likeness (QED) is 0.790. The number of aliphatic hydroxyl groups is 1. The molecule has 110 valence electrons. The lowest BCUT2D eigenvalue weighted by Gasteiger charge is -2.33. The van der Waals surface area contributed by atoms with E-state index in [4.69, 9.17) is 9.47 Å². The summed E-state index contributed by atoms with van der Waals surface area (Å²) in [5.74, 6) is 0. The molecule has 0 unspecified atom stereocenters. The zero-order valence-corrected chi connectivity index (χ0v) is 12.1. The summed E-state index contributed by atoms with van der Waals surface area (Å²) in [7, 11) is 0. The third-order valence-electron chi connectivity index (χ3n) is 4.01. The van der Waals surface area contributed by atoms with Crippen LogP contribution < -0.4 is 0 Å². The Balaban J connectivity index is 2.05. The van der Waals surface area contributed by atoms with Gasteiger partial charge in [-0.05, 0) is 45.4 Å². The van der Waals surface area contributed by atoms with Gasteiger partial charge in [0, 0.05) is 19.8 Å². The van der Waals surface area contributed by atoms with E-state index in [0.717, 1.165) is 32.5 Å². The Hall–Kier alpha value is -0.810. The van der Waals surface area contributed by atoms with Crippen molar-refractivity contribution in [1.82, 2.24) is 4.90 Å². The molecule has 0 aromatic heterocycles. The zero-order valence-electron chi connectivity index (χ0n) is 12.1. The molecule has 1 spiro atoms. The van der Waals surface area contributed by atoms with Crippen LogP contribution in [0.3, 0.4) is 0 Å². The Labute approximate surface area is 114 Å². The average Bonchev–Trinajstić information content (AvgIpc) is 2.67. The number of likely N-dealkylation sites (tertiary alicyclic amines) is 1. The molecule has 0 saturated carbocycles. The summed E-state index contributed by atoms with van der Waals surface area (Å²) < 4.78 is 10.8.